The van der Waals surface area contributed by atoms with Crippen molar-refractivity contribution >= 4 is 0 Å². The zero-order valence-electron chi connectivity index (χ0n) is 14.7. The van der Waals surface area contributed by atoms with Gasteiger partial charge in [-0.2, -0.15) is 5.10 Å². The van der Waals surface area contributed by atoms with E-state index in [2.05, 4.69) is 37.8 Å². The molecule has 3 heterocycles. The Bertz CT molecular complexity index is 692. The molecule has 3 rings (SSSR count). The second-order valence-corrected chi connectivity index (χ2v) is 6.65. The molecule has 0 unspecified atom stereocenters. The van der Waals surface area contributed by atoms with Crippen LogP contribution in [0.5, 0.6) is 0 Å². The van der Waals surface area contributed by atoms with Gasteiger partial charge in [0.2, 0.25) is 0 Å². The maximum Gasteiger partial charge on any atom is 0.343 e. The van der Waals surface area contributed by atoms with E-state index in [-0.39, 0.29) is 5.69 Å². The Balaban J connectivity index is 1.52. The Morgan fingerprint density at radius 2 is 2.04 bits per heavy atom. The Kier molecular flexibility index (Phi) is 5.50. The maximum atomic E-state index is 11.7. The van der Waals surface area contributed by atoms with Gasteiger partial charge in [0.1, 0.15) is 11.6 Å². The van der Waals surface area contributed by atoms with E-state index in [0.29, 0.717) is 12.5 Å². The fourth-order valence-corrected chi connectivity index (χ4v) is 3.58. The minimum atomic E-state index is -0.0901. The van der Waals surface area contributed by atoms with Gasteiger partial charge in [-0.15, -0.1) is 0 Å². The van der Waals surface area contributed by atoms with Crippen LogP contribution in [0, 0.1) is 5.92 Å². The highest BCUT2D eigenvalue weighted by molar-refractivity contribution is 4.94. The van der Waals surface area contributed by atoms with Gasteiger partial charge < -0.3 is 4.57 Å². The minimum Gasteiger partial charge on any atom is -0.334 e. The van der Waals surface area contributed by atoms with E-state index in [1.807, 2.05) is 13.1 Å². The molecule has 0 bridgehead atoms. The molecule has 1 aliphatic rings. The Hall–Kier alpha value is -1.89. The average molecular weight is 332 g/mol. The molecule has 7 nitrogen and oxygen atoms in total. The molecule has 7 heteroatoms. The van der Waals surface area contributed by atoms with E-state index in [0.717, 1.165) is 57.7 Å². The number of nitrogens with one attached hydrogen (secondary N) is 1. The molecule has 0 radical (unpaired) electrons. The largest absolute Gasteiger partial charge is 0.343 e. The van der Waals surface area contributed by atoms with Gasteiger partial charge in [0.15, 0.2) is 0 Å². The quantitative estimate of drug-likeness (QED) is 0.837. The van der Waals surface area contributed by atoms with E-state index in [9.17, 15) is 4.79 Å². The van der Waals surface area contributed by atoms with Crippen molar-refractivity contribution in [3.05, 3.63) is 34.5 Å². The number of aromatic amines is 1. The third kappa shape index (κ3) is 3.77. The van der Waals surface area contributed by atoms with Gasteiger partial charge >= 0.3 is 5.69 Å². The van der Waals surface area contributed by atoms with Gasteiger partial charge in [0, 0.05) is 31.9 Å². The molecule has 2 aromatic heterocycles. The molecule has 0 spiro atoms. The summed E-state index contributed by atoms with van der Waals surface area (Å²) in [7, 11) is 0. The normalized spacial score (nSPS) is 16.8. The molecule has 24 heavy (non-hydrogen) atoms. The number of aryl methyl sites for hydroxylation is 1. The fourth-order valence-electron chi connectivity index (χ4n) is 3.58. The van der Waals surface area contributed by atoms with Crippen LogP contribution in [-0.2, 0) is 26.1 Å². The summed E-state index contributed by atoms with van der Waals surface area (Å²) in [5.74, 6) is 2.68. The van der Waals surface area contributed by atoms with E-state index < -0.39 is 0 Å². The molecule has 132 valence electrons. The van der Waals surface area contributed by atoms with Crippen molar-refractivity contribution in [2.75, 3.05) is 13.1 Å². The number of piperidine rings is 1. The predicted molar refractivity (Wildman–Crippen MR) is 92.7 cm³/mol. The van der Waals surface area contributed by atoms with Gasteiger partial charge in [-0.25, -0.2) is 14.9 Å². The average Bonchev–Trinajstić information content (AvgIpc) is 3.16. The van der Waals surface area contributed by atoms with Crippen molar-refractivity contribution in [3.63, 3.8) is 0 Å². The molecule has 0 amide bonds. The van der Waals surface area contributed by atoms with Gasteiger partial charge in [-0.1, -0.05) is 6.92 Å². The Morgan fingerprint density at radius 3 is 2.75 bits per heavy atom. The lowest BCUT2D eigenvalue weighted by atomic mass is 9.93. The first-order chi connectivity index (χ1) is 11.7. The van der Waals surface area contributed by atoms with Crippen LogP contribution in [0.1, 0.15) is 44.8 Å². The number of likely N-dealkylation sites (tertiary alicyclic amines) is 1. The van der Waals surface area contributed by atoms with E-state index in [1.54, 1.807) is 4.57 Å². The monoisotopic (exact) mass is 332 g/mol. The Morgan fingerprint density at radius 1 is 1.25 bits per heavy atom. The summed E-state index contributed by atoms with van der Waals surface area (Å²) < 4.78 is 4.00. The number of hydrogen-bond acceptors (Lipinski definition) is 4. The molecule has 0 saturated carbocycles. The number of aromatic nitrogens is 5. The van der Waals surface area contributed by atoms with Crippen LogP contribution < -0.4 is 5.69 Å². The molecule has 1 saturated heterocycles. The van der Waals surface area contributed by atoms with Gasteiger partial charge in [0.05, 0.1) is 6.54 Å². The first-order valence-corrected chi connectivity index (χ1v) is 9.07. The molecule has 0 aromatic carbocycles. The van der Waals surface area contributed by atoms with Crippen LogP contribution in [0.2, 0.25) is 0 Å². The number of rotatable bonds is 7. The van der Waals surface area contributed by atoms with Crippen LogP contribution in [-0.4, -0.2) is 42.3 Å². The first-order valence-electron chi connectivity index (χ1n) is 9.07. The predicted octanol–water partition coefficient (Wildman–Crippen LogP) is 1.65. The summed E-state index contributed by atoms with van der Waals surface area (Å²) >= 11 is 0. The molecule has 2 aromatic rings. The highest BCUT2D eigenvalue weighted by atomic mass is 16.1. The smallest absolute Gasteiger partial charge is 0.334 e. The number of imidazole rings is 1. The fraction of sp³-hybridized carbons (Fsp3) is 0.706. The summed E-state index contributed by atoms with van der Waals surface area (Å²) in [6.45, 7) is 9.02. The molecule has 0 atom stereocenters. The minimum absolute atomic E-state index is 0.0901. The third-order valence-corrected chi connectivity index (χ3v) is 4.96. The van der Waals surface area contributed by atoms with Crippen molar-refractivity contribution in [1.82, 2.24) is 29.2 Å². The molecule has 1 aliphatic heterocycles. The molecule has 1 N–H and O–H groups in total. The number of hydrogen-bond donors (Lipinski definition) is 1. The van der Waals surface area contributed by atoms with Crippen molar-refractivity contribution in [1.29, 1.82) is 0 Å². The maximum absolute atomic E-state index is 11.7. The summed E-state index contributed by atoms with van der Waals surface area (Å²) in [6.07, 6.45) is 8.31. The molecule has 0 aliphatic carbocycles. The Labute approximate surface area is 142 Å². The summed E-state index contributed by atoms with van der Waals surface area (Å²) in [5, 5.41) is 6.76. The SMILES string of the molecule is CCCn1ccnc1CN1CCC(Cc2n[nH]c(=O)n2CC)CC1. The van der Waals surface area contributed by atoms with Crippen molar-refractivity contribution in [2.24, 2.45) is 5.92 Å². The third-order valence-electron chi connectivity index (χ3n) is 4.96. The zero-order chi connectivity index (χ0) is 16.9. The molecule has 1 fully saturated rings. The van der Waals surface area contributed by atoms with Crippen molar-refractivity contribution < 1.29 is 0 Å². The van der Waals surface area contributed by atoms with E-state index >= 15 is 0 Å². The number of nitrogens with zero attached hydrogens (tertiary/aromatic N) is 5. The van der Waals surface area contributed by atoms with Crippen molar-refractivity contribution in [3.8, 4) is 0 Å². The number of H-pyrrole nitrogens is 1. The van der Waals surface area contributed by atoms with E-state index in [1.165, 1.54) is 5.82 Å². The lowest BCUT2D eigenvalue weighted by Gasteiger charge is -2.31. The highest BCUT2D eigenvalue weighted by Crippen LogP contribution is 2.21. The van der Waals surface area contributed by atoms with Crippen LogP contribution in [0.3, 0.4) is 0 Å². The summed E-state index contributed by atoms with van der Waals surface area (Å²) in [4.78, 5) is 18.7. The second kappa shape index (κ2) is 7.79. The summed E-state index contributed by atoms with van der Waals surface area (Å²) in [5.41, 5.74) is -0.0901. The van der Waals surface area contributed by atoms with Crippen LogP contribution in [0.4, 0.5) is 0 Å². The topological polar surface area (TPSA) is 71.7 Å². The lowest BCUT2D eigenvalue weighted by Crippen LogP contribution is -2.35. The van der Waals surface area contributed by atoms with Crippen LogP contribution in [0.15, 0.2) is 17.2 Å². The molecular formula is C17H28N6O. The van der Waals surface area contributed by atoms with E-state index in [4.69, 9.17) is 0 Å². The lowest BCUT2D eigenvalue weighted by molar-refractivity contribution is 0.170. The molecular weight excluding hydrogens is 304 g/mol. The summed E-state index contributed by atoms with van der Waals surface area (Å²) in [6, 6.07) is 0. The second-order valence-electron chi connectivity index (χ2n) is 6.65. The van der Waals surface area contributed by atoms with Gasteiger partial charge in [0.25, 0.3) is 0 Å². The van der Waals surface area contributed by atoms with Gasteiger partial charge in [-0.05, 0) is 45.2 Å². The zero-order valence-corrected chi connectivity index (χ0v) is 14.7. The van der Waals surface area contributed by atoms with Crippen LogP contribution in [0.25, 0.3) is 0 Å². The van der Waals surface area contributed by atoms with Gasteiger partial charge in [-0.3, -0.25) is 9.47 Å². The standard InChI is InChI=1S/C17H28N6O/c1-3-8-22-11-7-18-16(22)13-21-9-5-14(6-10-21)12-15-19-20-17(24)23(15)4-2/h7,11,14H,3-6,8-10,12-13H2,1-2H3,(H,20,24). The highest BCUT2D eigenvalue weighted by Gasteiger charge is 2.22. The van der Waals surface area contributed by atoms with Crippen LogP contribution >= 0.6 is 0 Å². The first kappa shape index (κ1) is 17.0. The van der Waals surface area contributed by atoms with Crippen molar-refractivity contribution in [2.45, 2.75) is 59.2 Å².